The molecule has 3 saturated heterocycles. The topological polar surface area (TPSA) is 117 Å². The second-order valence-electron chi connectivity index (χ2n) is 11.4. The van der Waals surface area contributed by atoms with Crippen LogP contribution in [0.4, 0.5) is 11.4 Å². The molecule has 1 spiro atoms. The molecule has 3 aromatic rings. The summed E-state index contributed by atoms with van der Waals surface area (Å²) in [4.78, 5) is 43.7. The maximum Gasteiger partial charge on any atom is 0.250 e. The third-order valence-corrected chi connectivity index (χ3v) is 9.22. The molecule has 3 aromatic carbocycles. The van der Waals surface area contributed by atoms with Crippen molar-refractivity contribution >= 4 is 39.9 Å². The fourth-order valence-corrected chi connectivity index (χ4v) is 7.40. The molecular formula is C33H37N3O6. The van der Waals surface area contributed by atoms with Gasteiger partial charge in [0.25, 0.3) is 0 Å². The summed E-state index contributed by atoms with van der Waals surface area (Å²) in [5.74, 6) is -1.78. The minimum absolute atomic E-state index is 0.123. The summed E-state index contributed by atoms with van der Waals surface area (Å²) in [7, 11) is 0. The average Bonchev–Trinajstić information content (AvgIpc) is 3.60. The Morgan fingerprint density at radius 1 is 0.976 bits per heavy atom. The zero-order valence-corrected chi connectivity index (χ0v) is 24.0. The lowest BCUT2D eigenvalue weighted by Crippen LogP contribution is -2.53. The van der Waals surface area contributed by atoms with Crippen LogP contribution in [0.2, 0.25) is 0 Å². The Hall–Kier alpha value is -3.95. The molecular weight excluding hydrogens is 534 g/mol. The molecule has 2 unspecified atom stereocenters. The van der Waals surface area contributed by atoms with Gasteiger partial charge in [-0.15, -0.1) is 0 Å². The molecule has 3 aliphatic heterocycles. The van der Waals surface area contributed by atoms with Gasteiger partial charge in [-0.25, -0.2) is 0 Å². The van der Waals surface area contributed by atoms with Gasteiger partial charge < -0.3 is 30.1 Å². The van der Waals surface area contributed by atoms with Crippen molar-refractivity contribution in [1.82, 2.24) is 4.90 Å². The number of carbonyl (C=O) groups is 3. The van der Waals surface area contributed by atoms with Crippen molar-refractivity contribution in [1.29, 1.82) is 0 Å². The number of aliphatic hydroxyl groups is 1. The van der Waals surface area contributed by atoms with E-state index in [2.05, 4.69) is 10.6 Å². The molecule has 3 fully saturated rings. The number of benzene rings is 3. The third kappa shape index (κ3) is 4.51. The van der Waals surface area contributed by atoms with E-state index in [9.17, 15) is 19.5 Å². The van der Waals surface area contributed by atoms with Gasteiger partial charge in [-0.05, 0) is 79.8 Å². The van der Waals surface area contributed by atoms with E-state index in [1.165, 1.54) is 4.90 Å². The van der Waals surface area contributed by atoms with E-state index >= 15 is 0 Å². The average molecular weight is 572 g/mol. The Kier molecular flexibility index (Phi) is 7.41. The Balaban J connectivity index is 1.32. The first-order valence-corrected chi connectivity index (χ1v) is 14.8. The first kappa shape index (κ1) is 28.2. The Morgan fingerprint density at radius 2 is 1.69 bits per heavy atom. The van der Waals surface area contributed by atoms with Crippen LogP contribution >= 0.6 is 0 Å². The van der Waals surface area contributed by atoms with Gasteiger partial charge in [0.1, 0.15) is 17.4 Å². The second-order valence-corrected chi connectivity index (χ2v) is 11.4. The van der Waals surface area contributed by atoms with E-state index in [0.717, 1.165) is 10.8 Å². The minimum atomic E-state index is -1.13. The van der Waals surface area contributed by atoms with Crippen LogP contribution < -0.4 is 15.4 Å². The van der Waals surface area contributed by atoms with Gasteiger partial charge in [-0.2, -0.15) is 0 Å². The molecule has 0 radical (unpaired) electrons. The number of carbonyl (C=O) groups excluding carboxylic acids is 3. The molecule has 9 nitrogen and oxygen atoms in total. The van der Waals surface area contributed by atoms with Crippen LogP contribution in [0.25, 0.3) is 10.8 Å². The zero-order chi connectivity index (χ0) is 29.5. The molecule has 6 rings (SSSR count). The number of amides is 3. The second kappa shape index (κ2) is 11.0. The van der Waals surface area contributed by atoms with Crippen molar-refractivity contribution in [3.05, 3.63) is 66.7 Å². The van der Waals surface area contributed by atoms with Crippen LogP contribution in [0, 0.1) is 11.8 Å². The SMILES string of the molecule is CCOc1ccc(NC(=O)[C@@H]2[C@H]3C(=O)N(CCCO)C(C(=O)Nc4ccc5ccccc5c4)C34CC[C@@]2(CC)O4)cc1. The standard InChI is InChI=1S/C33H37N3O6/c1-3-32-16-17-33(42-32)27(26(32)29(38)34-23-12-14-25(15-13-23)41-4-2)31(40)36(18-7-19-37)28(33)30(39)35-24-11-10-21-8-5-6-9-22(21)20-24/h5-6,8-15,20,26-28,37H,3-4,7,16-19H2,1-2H3,(H,34,38)(H,35,39)/t26-,27-,28?,32+,33?/m0/s1. The third-order valence-electron chi connectivity index (χ3n) is 9.22. The van der Waals surface area contributed by atoms with Crippen molar-refractivity contribution in [2.45, 2.75) is 56.8 Å². The predicted molar refractivity (Wildman–Crippen MR) is 159 cm³/mol. The maximum atomic E-state index is 14.1. The van der Waals surface area contributed by atoms with Crippen LogP contribution in [0.15, 0.2) is 66.7 Å². The summed E-state index contributed by atoms with van der Waals surface area (Å²) in [6, 6.07) is 19.8. The van der Waals surface area contributed by atoms with E-state index in [0.29, 0.717) is 49.4 Å². The number of nitrogens with zero attached hydrogens (tertiary/aromatic N) is 1. The molecule has 3 aliphatic rings. The van der Waals surface area contributed by atoms with Gasteiger partial charge in [0.2, 0.25) is 17.7 Å². The first-order valence-electron chi connectivity index (χ1n) is 14.8. The molecule has 3 N–H and O–H groups in total. The van der Waals surface area contributed by atoms with E-state index in [4.69, 9.17) is 9.47 Å². The molecule has 5 atom stereocenters. The van der Waals surface area contributed by atoms with Gasteiger partial charge in [0.15, 0.2) is 0 Å². The van der Waals surface area contributed by atoms with Crippen LogP contribution in [0.3, 0.4) is 0 Å². The number of nitrogens with one attached hydrogen (secondary N) is 2. The molecule has 3 amide bonds. The Bertz CT molecular complexity index is 1510. The van der Waals surface area contributed by atoms with Gasteiger partial charge in [-0.3, -0.25) is 14.4 Å². The van der Waals surface area contributed by atoms with Crippen molar-refractivity contribution < 1.29 is 29.0 Å². The van der Waals surface area contributed by atoms with Crippen LogP contribution in [-0.4, -0.2) is 64.7 Å². The number of anilines is 2. The smallest absolute Gasteiger partial charge is 0.250 e. The van der Waals surface area contributed by atoms with Crippen molar-refractivity contribution in [3.63, 3.8) is 0 Å². The summed E-state index contributed by atoms with van der Waals surface area (Å²) in [6.07, 6.45) is 1.92. The number of likely N-dealkylation sites (tertiary alicyclic amines) is 1. The molecule has 220 valence electrons. The Morgan fingerprint density at radius 3 is 2.40 bits per heavy atom. The lowest BCUT2D eigenvalue weighted by Gasteiger charge is -2.34. The van der Waals surface area contributed by atoms with Crippen molar-refractivity contribution in [3.8, 4) is 5.75 Å². The number of aliphatic hydroxyl groups excluding tert-OH is 1. The zero-order valence-electron chi connectivity index (χ0n) is 24.0. The quantitative estimate of drug-likeness (QED) is 0.333. The van der Waals surface area contributed by atoms with Gasteiger partial charge in [0, 0.05) is 24.5 Å². The highest BCUT2D eigenvalue weighted by Crippen LogP contribution is 2.64. The molecule has 0 aromatic heterocycles. The monoisotopic (exact) mass is 571 g/mol. The fraction of sp³-hybridized carbons (Fsp3) is 0.424. The summed E-state index contributed by atoms with van der Waals surface area (Å²) in [5, 5.41) is 17.7. The van der Waals surface area contributed by atoms with Crippen LogP contribution in [0.5, 0.6) is 5.75 Å². The first-order chi connectivity index (χ1) is 20.4. The number of rotatable bonds is 10. The highest BCUT2D eigenvalue weighted by molar-refractivity contribution is 6.06. The molecule has 0 aliphatic carbocycles. The number of hydrogen-bond acceptors (Lipinski definition) is 6. The van der Waals surface area contributed by atoms with Crippen LogP contribution in [0.1, 0.15) is 39.5 Å². The molecule has 0 saturated carbocycles. The fourth-order valence-electron chi connectivity index (χ4n) is 7.40. The number of fused-ring (bicyclic) bond motifs is 2. The summed E-state index contributed by atoms with van der Waals surface area (Å²) in [6.45, 7) is 4.48. The Labute approximate surface area is 245 Å². The molecule has 42 heavy (non-hydrogen) atoms. The summed E-state index contributed by atoms with van der Waals surface area (Å²) < 4.78 is 12.3. The number of hydrogen-bond donors (Lipinski definition) is 3. The van der Waals surface area contributed by atoms with E-state index in [-0.39, 0.29) is 30.9 Å². The lowest BCUT2D eigenvalue weighted by atomic mass is 9.65. The summed E-state index contributed by atoms with van der Waals surface area (Å²) in [5.41, 5.74) is -0.764. The normalized spacial score (nSPS) is 27.7. The van der Waals surface area contributed by atoms with E-state index < -0.39 is 29.1 Å². The highest BCUT2D eigenvalue weighted by atomic mass is 16.5. The van der Waals surface area contributed by atoms with Crippen molar-refractivity contribution in [2.75, 3.05) is 30.4 Å². The molecule has 9 heteroatoms. The maximum absolute atomic E-state index is 14.1. The van der Waals surface area contributed by atoms with E-state index in [1.807, 2.05) is 56.3 Å². The van der Waals surface area contributed by atoms with Gasteiger partial charge in [0.05, 0.1) is 24.0 Å². The predicted octanol–water partition coefficient (Wildman–Crippen LogP) is 4.35. The largest absolute Gasteiger partial charge is 0.494 e. The van der Waals surface area contributed by atoms with Crippen molar-refractivity contribution in [2.24, 2.45) is 11.8 Å². The summed E-state index contributed by atoms with van der Waals surface area (Å²) >= 11 is 0. The highest BCUT2D eigenvalue weighted by Gasteiger charge is 2.78. The number of ether oxygens (including phenoxy) is 2. The van der Waals surface area contributed by atoms with Gasteiger partial charge >= 0.3 is 0 Å². The molecule has 2 bridgehead atoms. The van der Waals surface area contributed by atoms with Crippen LogP contribution in [-0.2, 0) is 19.1 Å². The molecule has 3 heterocycles. The minimum Gasteiger partial charge on any atom is -0.494 e. The van der Waals surface area contributed by atoms with Gasteiger partial charge in [-0.1, -0.05) is 37.3 Å². The van der Waals surface area contributed by atoms with E-state index in [1.54, 1.807) is 24.3 Å². The lowest BCUT2D eigenvalue weighted by molar-refractivity contribution is -0.144.